The standard InChI is InChI=1S/C22H30N6S.HI/c1-6-23-22(25-13-21-16(3)26-18(5)29-21)24-12-20-15(2)27-28(17(20)4)14-19-10-8-7-9-11-19;/h7-11H,6,12-14H2,1-5H3,(H2,23,24,25);1H. The fraction of sp³-hybridized carbons (Fsp3) is 0.409. The van der Waals surface area contributed by atoms with Crippen LogP contribution in [0.5, 0.6) is 0 Å². The summed E-state index contributed by atoms with van der Waals surface area (Å²) in [5.41, 5.74) is 5.72. The lowest BCUT2D eigenvalue weighted by Gasteiger charge is -2.11. The second-order valence-electron chi connectivity index (χ2n) is 7.08. The molecular weight excluding hydrogens is 507 g/mol. The van der Waals surface area contributed by atoms with Gasteiger partial charge in [0, 0.05) is 22.7 Å². The van der Waals surface area contributed by atoms with Gasteiger partial charge in [0.15, 0.2) is 5.96 Å². The van der Waals surface area contributed by atoms with Gasteiger partial charge in [-0.25, -0.2) is 9.98 Å². The summed E-state index contributed by atoms with van der Waals surface area (Å²) in [5.74, 6) is 0.813. The molecule has 0 fully saturated rings. The van der Waals surface area contributed by atoms with E-state index in [0.29, 0.717) is 6.54 Å². The number of benzene rings is 1. The van der Waals surface area contributed by atoms with Crippen molar-refractivity contribution in [3.8, 4) is 0 Å². The predicted molar refractivity (Wildman–Crippen MR) is 136 cm³/mol. The quantitative estimate of drug-likeness (QED) is 0.264. The van der Waals surface area contributed by atoms with Gasteiger partial charge in [-0.05, 0) is 40.2 Å². The second kappa shape index (κ2) is 11.5. The minimum absolute atomic E-state index is 0. The van der Waals surface area contributed by atoms with E-state index in [1.807, 2.05) is 13.0 Å². The smallest absolute Gasteiger partial charge is 0.191 e. The predicted octanol–water partition coefficient (Wildman–Crippen LogP) is 4.49. The van der Waals surface area contributed by atoms with Crippen molar-refractivity contribution >= 4 is 41.3 Å². The lowest BCUT2D eigenvalue weighted by molar-refractivity contribution is 0.658. The van der Waals surface area contributed by atoms with Crippen LogP contribution >= 0.6 is 35.3 Å². The molecule has 2 aromatic heterocycles. The van der Waals surface area contributed by atoms with Crippen LogP contribution in [0.25, 0.3) is 0 Å². The summed E-state index contributed by atoms with van der Waals surface area (Å²) in [6, 6.07) is 10.4. The van der Waals surface area contributed by atoms with Gasteiger partial charge in [-0.3, -0.25) is 4.68 Å². The molecule has 0 aliphatic heterocycles. The van der Waals surface area contributed by atoms with E-state index in [9.17, 15) is 0 Å². The van der Waals surface area contributed by atoms with Crippen LogP contribution in [0.4, 0.5) is 0 Å². The summed E-state index contributed by atoms with van der Waals surface area (Å²) < 4.78 is 2.07. The average molecular weight is 539 g/mol. The number of guanidine groups is 1. The number of rotatable bonds is 7. The highest BCUT2D eigenvalue weighted by atomic mass is 127. The maximum Gasteiger partial charge on any atom is 0.191 e. The first-order valence-electron chi connectivity index (χ1n) is 9.99. The minimum Gasteiger partial charge on any atom is -0.357 e. The number of thiazole rings is 1. The van der Waals surface area contributed by atoms with Crippen molar-refractivity contribution in [2.45, 2.75) is 54.3 Å². The molecule has 0 spiro atoms. The molecule has 6 nitrogen and oxygen atoms in total. The van der Waals surface area contributed by atoms with Crippen molar-refractivity contribution < 1.29 is 0 Å². The van der Waals surface area contributed by atoms with Gasteiger partial charge < -0.3 is 10.6 Å². The molecule has 0 saturated carbocycles. The molecule has 1 aromatic carbocycles. The SMILES string of the molecule is CCNC(=NCc1c(C)nn(Cc2ccccc2)c1C)NCc1sc(C)nc1C.I. The average Bonchev–Trinajstić information content (AvgIpc) is 3.16. The molecule has 0 aliphatic carbocycles. The first-order valence-corrected chi connectivity index (χ1v) is 10.8. The molecule has 2 N–H and O–H groups in total. The summed E-state index contributed by atoms with van der Waals surface area (Å²) in [5, 5.41) is 12.6. The fourth-order valence-corrected chi connectivity index (χ4v) is 4.15. The first-order chi connectivity index (χ1) is 14.0. The van der Waals surface area contributed by atoms with Crippen LogP contribution in [-0.4, -0.2) is 27.3 Å². The summed E-state index contributed by atoms with van der Waals surface area (Å²) in [6.07, 6.45) is 0. The maximum atomic E-state index is 4.80. The van der Waals surface area contributed by atoms with Crippen LogP contribution < -0.4 is 10.6 Å². The van der Waals surface area contributed by atoms with Crippen LogP contribution in [0.3, 0.4) is 0 Å². The van der Waals surface area contributed by atoms with E-state index in [4.69, 9.17) is 10.1 Å². The molecule has 0 radical (unpaired) electrons. The van der Waals surface area contributed by atoms with Gasteiger partial charge in [-0.15, -0.1) is 35.3 Å². The van der Waals surface area contributed by atoms with Crippen LogP contribution in [0.1, 0.15) is 45.0 Å². The van der Waals surface area contributed by atoms with Crippen LogP contribution in [0.2, 0.25) is 0 Å². The van der Waals surface area contributed by atoms with Crippen molar-refractivity contribution in [1.82, 2.24) is 25.4 Å². The summed E-state index contributed by atoms with van der Waals surface area (Å²) in [7, 11) is 0. The van der Waals surface area contributed by atoms with Gasteiger partial charge in [0.25, 0.3) is 0 Å². The highest BCUT2D eigenvalue weighted by Gasteiger charge is 2.12. The van der Waals surface area contributed by atoms with Crippen LogP contribution in [-0.2, 0) is 19.6 Å². The Morgan fingerprint density at radius 1 is 1.07 bits per heavy atom. The van der Waals surface area contributed by atoms with E-state index in [1.165, 1.54) is 21.7 Å². The molecule has 30 heavy (non-hydrogen) atoms. The number of hydrogen-bond acceptors (Lipinski definition) is 4. The van der Waals surface area contributed by atoms with Gasteiger partial charge in [0.05, 0.1) is 36.0 Å². The number of hydrogen-bond donors (Lipinski definition) is 2. The van der Waals surface area contributed by atoms with E-state index >= 15 is 0 Å². The third-order valence-electron chi connectivity index (χ3n) is 4.86. The normalized spacial score (nSPS) is 11.3. The lowest BCUT2D eigenvalue weighted by atomic mass is 10.2. The zero-order valence-corrected chi connectivity index (χ0v) is 21.5. The molecule has 0 unspecified atom stereocenters. The van der Waals surface area contributed by atoms with Crippen molar-refractivity contribution in [1.29, 1.82) is 0 Å². The number of halogens is 1. The molecule has 8 heteroatoms. The third-order valence-corrected chi connectivity index (χ3v) is 5.93. The van der Waals surface area contributed by atoms with Crippen LogP contribution in [0, 0.1) is 27.7 Å². The van der Waals surface area contributed by atoms with E-state index in [2.05, 4.69) is 72.3 Å². The molecule has 0 atom stereocenters. The Hall–Kier alpha value is -1.94. The molecule has 3 rings (SSSR count). The molecule has 0 bridgehead atoms. The van der Waals surface area contributed by atoms with Gasteiger partial charge in [0.1, 0.15) is 0 Å². The van der Waals surface area contributed by atoms with E-state index in [-0.39, 0.29) is 24.0 Å². The highest BCUT2D eigenvalue weighted by Crippen LogP contribution is 2.17. The van der Waals surface area contributed by atoms with E-state index < -0.39 is 0 Å². The Labute approximate surface area is 200 Å². The number of nitrogens with one attached hydrogen (secondary N) is 2. The molecule has 0 aliphatic rings. The molecule has 162 valence electrons. The zero-order valence-electron chi connectivity index (χ0n) is 18.3. The molecule has 0 saturated heterocycles. The molecule has 3 aromatic rings. The Bertz CT molecular complexity index is 977. The first kappa shape index (κ1) is 24.3. The van der Waals surface area contributed by atoms with Gasteiger partial charge in [0.2, 0.25) is 0 Å². The maximum absolute atomic E-state index is 4.80. The Morgan fingerprint density at radius 3 is 2.43 bits per heavy atom. The van der Waals surface area contributed by atoms with E-state index in [1.54, 1.807) is 11.3 Å². The minimum atomic E-state index is 0. The molecule has 2 heterocycles. The van der Waals surface area contributed by atoms with Crippen molar-refractivity contribution in [2.75, 3.05) is 6.54 Å². The van der Waals surface area contributed by atoms with Crippen LogP contribution in [0.15, 0.2) is 35.3 Å². The lowest BCUT2D eigenvalue weighted by Crippen LogP contribution is -2.36. The van der Waals surface area contributed by atoms with Gasteiger partial charge in [-0.2, -0.15) is 5.10 Å². The summed E-state index contributed by atoms with van der Waals surface area (Å²) >= 11 is 1.73. The fourth-order valence-electron chi connectivity index (χ4n) is 3.27. The molecular formula is C22H31IN6S. The molecule has 0 amide bonds. The Kier molecular flexibility index (Phi) is 9.29. The number of nitrogens with zero attached hydrogens (tertiary/aromatic N) is 4. The highest BCUT2D eigenvalue weighted by molar-refractivity contribution is 14.0. The van der Waals surface area contributed by atoms with Crippen molar-refractivity contribution in [3.05, 3.63) is 68.4 Å². The summed E-state index contributed by atoms with van der Waals surface area (Å²) in [6.45, 7) is 13.3. The topological polar surface area (TPSA) is 67.1 Å². The van der Waals surface area contributed by atoms with E-state index in [0.717, 1.165) is 42.0 Å². The largest absolute Gasteiger partial charge is 0.357 e. The number of aryl methyl sites for hydroxylation is 3. The Morgan fingerprint density at radius 2 is 1.80 bits per heavy atom. The number of aromatic nitrogens is 3. The third kappa shape index (κ3) is 6.28. The summed E-state index contributed by atoms with van der Waals surface area (Å²) in [4.78, 5) is 10.5. The van der Waals surface area contributed by atoms with Crippen molar-refractivity contribution in [3.63, 3.8) is 0 Å². The Balaban J connectivity index is 0.00000320. The van der Waals surface area contributed by atoms with Crippen molar-refractivity contribution in [2.24, 2.45) is 4.99 Å². The number of aliphatic imine (C=N–C) groups is 1. The van der Waals surface area contributed by atoms with Gasteiger partial charge >= 0.3 is 0 Å². The zero-order chi connectivity index (χ0) is 20.8. The second-order valence-corrected chi connectivity index (χ2v) is 8.37. The van der Waals surface area contributed by atoms with Gasteiger partial charge in [-0.1, -0.05) is 30.3 Å². The monoisotopic (exact) mass is 538 g/mol.